The third-order valence-corrected chi connectivity index (χ3v) is 3.77. The molecular weight excluding hydrogens is 280 g/mol. The Kier molecular flexibility index (Phi) is 10.3. The number of hydrogen-bond acceptors (Lipinski definition) is 4. The van der Waals surface area contributed by atoms with Crippen LogP contribution in [0.1, 0.15) is 26.7 Å². The van der Waals surface area contributed by atoms with Gasteiger partial charge in [0.25, 0.3) is 0 Å². The van der Waals surface area contributed by atoms with Gasteiger partial charge in [-0.05, 0) is 31.8 Å². The second-order valence-corrected chi connectivity index (χ2v) is 5.55. The lowest BCUT2D eigenvalue weighted by atomic mass is 10.2. The third-order valence-electron chi connectivity index (χ3n) is 3.13. The molecule has 0 aromatic carbocycles. The average molecular weight is 306 g/mol. The van der Waals surface area contributed by atoms with Gasteiger partial charge < -0.3 is 20.1 Å². The molecule has 6 nitrogen and oxygen atoms in total. The van der Waals surface area contributed by atoms with E-state index in [1.54, 1.807) is 23.8 Å². The molecule has 0 aromatic rings. The molecule has 0 saturated carbocycles. The first-order valence-corrected chi connectivity index (χ1v) is 8.15. The summed E-state index contributed by atoms with van der Waals surface area (Å²) in [7, 11) is 1.57. The zero-order valence-electron chi connectivity index (χ0n) is 12.7. The molecule has 0 saturated heterocycles. The van der Waals surface area contributed by atoms with Crippen LogP contribution >= 0.6 is 11.8 Å². The maximum Gasteiger partial charge on any atom is 0.326 e. The highest BCUT2D eigenvalue weighted by Crippen LogP contribution is 2.06. The van der Waals surface area contributed by atoms with Crippen molar-refractivity contribution in [3.8, 4) is 0 Å². The summed E-state index contributed by atoms with van der Waals surface area (Å²) in [6.07, 6.45) is 3.13. The van der Waals surface area contributed by atoms with Crippen LogP contribution in [0, 0.1) is 0 Å². The number of ether oxygens (including phenoxy) is 1. The number of rotatable bonds is 10. The predicted octanol–water partition coefficient (Wildman–Crippen LogP) is 1.65. The van der Waals surface area contributed by atoms with E-state index in [4.69, 9.17) is 9.84 Å². The molecule has 2 N–H and O–H groups in total. The first-order valence-electron chi connectivity index (χ1n) is 6.75. The second-order valence-electron chi connectivity index (χ2n) is 4.57. The standard InChI is InChI=1S/C13H26N2O4S/c1-5-10(2)15(7-8-19-3)13(18)14-11(12(16)17)6-9-20-4/h10-11H,5-9H2,1-4H3,(H,14,18)(H,16,17)/t10?,11-/m0/s1. The van der Waals surface area contributed by atoms with Crippen molar-refractivity contribution >= 4 is 23.8 Å². The SMILES string of the molecule is CCC(C)N(CCOC)C(=O)N[C@@H](CCSC)C(=O)O. The molecule has 7 heteroatoms. The molecule has 0 radical (unpaired) electrons. The molecule has 118 valence electrons. The number of aliphatic carboxylic acids is 1. The van der Waals surface area contributed by atoms with Crippen molar-refractivity contribution in [2.24, 2.45) is 0 Å². The van der Waals surface area contributed by atoms with E-state index < -0.39 is 12.0 Å². The van der Waals surface area contributed by atoms with E-state index in [2.05, 4.69) is 5.32 Å². The number of nitrogens with zero attached hydrogens (tertiary/aromatic N) is 1. The molecule has 2 amide bonds. The van der Waals surface area contributed by atoms with Gasteiger partial charge in [-0.1, -0.05) is 6.92 Å². The Labute approximate surface area is 125 Å². The zero-order valence-corrected chi connectivity index (χ0v) is 13.5. The summed E-state index contributed by atoms with van der Waals surface area (Å²) in [5.74, 6) is -0.304. The van der Waals surface area contributed by atoms with Gasteiger partial charge in [-0.15, -0.1) is 0 Å². The molecule has 0 aromatic heterocycles. The van der Waals surface area contributed by atoms with E-state index in [1.807, 2.05) is 20.1 Å². The molecule has 0 bridgehead atoms. The number of amides is 2. The van der Waals surface area contributed by atoms with Crippen molar-refractivity contribution in [1.29, 1.82) is 0 Å². The number of carboxylic acid groups (broad SMARTS) is 1. The molecule has 1 unspecified atom stereocenters. The van der Waals surface area contributed by atoms with E-state index in [0.717, 1.165) is 6.42 Å². The van der Waals surface area contributed by atoms with Crippen LogP contribution in [0.5, 0.6) is 0 Å². The fourth-order valence-corrected chi connectivity index (χ4v) is 2.13. The first-order chi connectivity index (χ1) is 9.47. The van der Waals surface area contributed by atoms with Crippen molar-refractivity contribution in [3.05, 3.63) is 0 Å². The van der Waals surface area contributed by atoms with Crippen LogP contribution < -0.4 is 5.32 Å². The number of methoxy groups -OCH3 is 1. The first kappa shape index (κ1) is 19.1. The molecule has 0 spiro atoms. The Morgan fingerprint density at radius 1 is 1.45 bits per heavy atom. The number of carbonyl (C=O) groups excluding carboxylic acids is 1. The van der Waals surface area contributed by atoms with E-state index in [1.165, 1.54) is 0 Å². The Balaban J connectivity index is 4.64. The molecule has 0 aliphatic heterocycles. The van der Waals surface area contributed by atoms with E-state index in [0.29, 0.717) is 25.3 Å². The van der Waals surface area contributed by atoms with Gasteiger partial charge in [0.1, 0.15) is 6.04 Å². The van der Waals surface area contributed by atoms with E-state index >= 15 is 0 Å². The minimum Gasteiger partial charge on any atom is -0.480 e. The normalized spacial score (nSPS) is 13.6. The van der Waals surface area contributed by atoms with Crippen LogP contribution in [0.15, 0.2) is 0 Å². The summed E-state index contributed by atoms with van der Waals surface area (Å²) in [5, 5.41) is 11.7. The monoisotopic (exact) mass is 306 g/mol. The van der Waals surface area contributed by atoms with Crippen molar-refractivity contribution in [2.75, 3.05) is 32.3 Å². The van der Waals surface area contributed by atoms with E-state index in [-0.39, 0.29) is 12.1 Å². The van der Waals surface area contributed by atoms with Crippen LogP contribution in [0.2, 0.25) is 0 Å². The lowest BCUT2D eigenvalue weighted by Crippen LogP contribution is -2.51. The topological polar surface area (TPSA) is 78.9 Å². The molecule has 2 atom stereocenters. The van der Waals surface area contributed by atoms with E-state index in [9.17, 15) is 9.59 Å². The molecule has 20 heavy (non-hydrogen) atoms. The minimum absolute atomic E-state index is 0.0418. The van der Waals surface area contributed by atoms with Crippen molar-refractivity contribution in [3.63, 3.8) is 0 Å². The third kappa shape index (κ3) is 7.00. The van der Waals surface area contributed by atoms with Crippen LogP contribution in [0.3, 0.4) is 0 Å². The van der Waals surface area contributed by atoms with Gasteiger partial charge >= 0.3 is 12.0 Å². The lowest BCUT2D eigenvalue weighted by Gasteiger charge is -2.29. The average Bonchev–Trinajstić information content (AvgIpc) is 2.42. The summed E-state index contributed by atoms with van der Waals surface area (Å²) in [6.45, 7) is 4.81. The van der Waals surface area contributed by atoms with Crippen LogP contribution in [-0.4, -0.2) is 66.4 Å². The second kappa shape index (κ2) is 10.8. The molecular formula is C13H26N2O4S. The summed E-state index contributed by atoms with van der Waals surface area (Å²) in [5.41, 5.74) is 0. The summed E-state index contributed by atoms with van der Waals surface area (Å²) < 4.78 is 4.99. The maximum atomic E-state index is 12.2. The summed E-state index contributed by atoms with van der Waals surface area (Å²) in [4.78, 5) is 25.0. The number of hydrogen-bond donors (Lipinski definition) is 2. The predicted molar refractivity (Wildman–Crippen MR) is 81.3 cm³/mol. The quantitative estimate of drug-likeness (QED) is 0.641. The minimum atomic E-state index is -0.997. The van der Waals surface area contributed by atoms with Gasteiger partial charge in [0.05, 0.1) is 6.61 Å². The lowest BCUT2D eigenvalue weighted by molar-refractivity contribution is -0.139. The highest BCUT2D eigenvalue weighted by atomic mass is 32.2. The molecule has 0 aliphatic carbocycles. The van der Waals surface area contributed by atoms with Gasteiger partial charge in [-0.3, -0.25) is 0 Å². The highest BCUT2D eigenvalue weighted by molar-refractivity contribution is 7.98. The Hall–Kier alpha value is -0.950. The van der Waals surface area contributed by atoms with Gasteiger partial charge in [-0.25, -0.2) is 9.59 Å². The van der Waals surface area contributed by atoms with Crippen molar-refractivity contribution < 1.29 is 19.4 Å². The van der Waals surface area contributed by atoms with Crippen LogP contribution in [0.25, 0.3) is 0 Å². The summed E-state index contributed by atoms with van der Waals surface area (Å²) in [6, 6.07) is -1.14. The van der Waals surface area contributed by atoms with Gasteiger partial charge in [0.15, 0.2) is 0 Å². The van der Waals surface area contributed by atoms with Gasteiger partial charge in [0, 0.05) is 19.7 Å². The van der Waals surface area contributed by atoms with Crippen molar-refractivity contribution in [1.82, 2.24) is 10.2 Å². The molecule has 0 heterocycles. The number of carbonyl (C=O) groups is 2. The number of carboxylic acids is 1. The number of thioether (sulfide) groups is 1. The number of nitrogens with one attached hydrogen (secondary N) is 1. The van der Waals surface area contributed by atoms with Crippen molar-refractivity contribution in [2.45, 2.75) is 38.8 Å². The number of urea groups is 1. The van der Waals surface area contributed by atoms with Crippen LogP contribution in [0.4, 0.5) is 4.79 Å². The molecule has 0 fully saturated rings. The highest BCUT2D eigenvalue weighted by Gasteiger charge is 2.24. The fourth-order valence-electron chi connectivity index (χ4n) is 1.66. The molecule has 0 aliphatic rings. The smallest absolute Gasteiger partial charge is 0.326 e. The maximum absolute atomic E-state index is 12.2. The van der Waals surface area contributed by atoms with Crippen LogP contribution in [-0.2, 0) is 9.53 Å². The Morgan fingerprint density at radius 3 is 2.55 bits per heavy atom. The fraction of sp³-hybridized carbons (Fsp3) is 0.846. The van der Waals surface area contributed by atoms with Gasteiger partial charge in [-0.2, -0.15) is 11.8 Å². The Bertz CT molecular complexity index is 302. The summed E-state index contributed by atoms with van der Waals surface area (Å²) >= 11 is 1.56. The largest absolute Gasteiger partial charge is 0.480 e. The molecule has 0 rings (SSSR count). The zero-order chi connectivity index (χ0) is 15.5. The Morgan fingerprint density at radius 2 is 2.10 bits per heavy atom. The van der Waals surface area contributed by atoms with Gasteiger partial charge in [0.2, 0.25) is 0 Å².